The van der Waals surface area contributed by atoms with Gasteiger partial charge in [0.1, 0.15) is 6.61 Å². The Kier molecular flexibility index (Phi) is 7.51. The molecule has 0 atom stereocenters. The van der Waals surface area contributed by atoms with E-state index in [0.29, 0.717) is 6.61 Å². The molecule has 0 bridgehead atoms. The van der Waals surface area contributed by atoms with Crippen LogP contribution in [0.5, 0.6) is 5.75 Å². The van der Waals surface area contributed by atoms with Crippen LogP contribution >= 0.6 is 25.2 Å². The van der Waals surface area contributed by atoms with E-state index in [0.717, 1.165) is 16.3 Å². The van der Waals surface area contributed by atoms with Gasteiger partial charge in [0.25, 0.3) is 0 Å². The fraction of sp³-hybridized carbons (Fsp3) is 0.0769. The summed E-state index contributed by atoms with van der Waals surface area (Å²) in [5, 5.41) is 0.744. The molecule has 0 fully saturated rings. The Hall–Kier alpha value is -0.367. The van der Waals surface area contributed by atoms with E-state index < -0.39 is 0 Å². The first-order chi connectivity index (χ1) is 8.34. The van der Waals surface area contributed by atoms with Gasteiger partial charge in [-0.3, -0.25) is 0 Å². The van der Waals surface area contributed by atoms with Gasteiger partial charge in [-0.05, 0) is 17.7 Å². The molecule has 84 valence electrons. The Morgan fingerprint density at radius 3 is 2.24 bits per heavy atom. The van der Waals surface area contributed by atoms with Crippen molar-refractivity contribution in [2.45, 2.75) is 6.61 Å². The van der Waals surface area contributed by atoms with Gasteiger partial charge < -0.3 is 4.74 Å². The molecule has 0 heterocycles. The van der Waals surface area contributed by atoms with Crippen molar-refractivity contribution in [2.75, 3.05) is 0 Å². The fourth-order valence-electron chi connectivity index (χ4n) is 1.22. The third-order valence-corrected chi connectivity index (χ3v) is 2.26. The molecular formula is C13H10BrClOZn. The van der Waals surface area contributed by atoms with Gasteiger partial charge in [-0.1, -0.05) is 23.7 Å². The van der Waals surface area contributed by atoms with E-state index >= 15 is 0 Å². The molecule has 0 aliphatic carbocycles. The van der Waals surface area contributed by atoms with Gasteiger partial charge in [-0.15, -0.1) is 12.1 Å². The molecule has 0 aliphatic heterocycles. The molecule has 4 heteroatoms. The second-order valence-electron chi connectivity index (χ2n) is 3.15. The Balaban J connectivity index is 0.000000686. The molecule has 2 aromatic carbocycles. The Morgan fingerprint density at radius 2 is 1.65 bits per heavy atom. The van der Waals surface area contributed by atoms with Crippen LogP contribution in [0, 0.1) is 6.07 Å². The summed E-state index contributed by atoms with van der Waals surface area (Å²) in [5.41, 5.74) is 1.10. The molecule has 0 saturated carbocycles. The van der Waals surface area contributed by atoms with Gasteiger partial charge in [0.15, 0.2) is 0 Å². The number of rotatable bonds is 3. The summed E-state index contributed by atoms with van der Waals surface area (Å²) in [7, 11) is 0. The summed E-state index contributed by atoms with van der Waals surface area (Å²) in [6.45, 7) is 0.557. The van der Waals surface area contributed by atoms with E-state index in [1.165, 1.54) is 16.3 Å². The zero-order valence-electron chi connectivity index (χ0n) is 9.20. The topological polar surface area (TPSA) is 9.23 Å². The number of hydrogen-bond donors (Lipinski definition) is 0. The molecule has 17 heavy (non-hydrogen) atoms. The van der Waals surface area contributed by atoms with Crippen molar-refractivity contribution in [2.24, 2.45) is 0 Å². The molecule has 0 saturated heterocycles. The van der Waals surface area contributed by atoms with Crippen molar-refractivity contribution in [3.8, 4) is 5.75 Å². The van der Waals surface area contributed by atoms with Crippen LogP contribution in [0.3, 0.4) is 0 Å². The van der Waals surface area contributed by atoms with Crippen LogP contribution in [0.2, 0.25) is 5.02 Å². The molecule has 0 unspecified atom stereocenters. The van der Waals surface area contributed by atoms with Crippen LogP contribution in [0.4, 0.5) is 0 Å². The zero-order valence-corrected chi connectivity index (χ0v) is 14.5. The van der Waals surface area contributed by atoms with Gasteiger partial charge >= 0.3 is 30.0 Å². The Labute approximate surface area is 123 Å². The monoisotopic (exact) mass is 360 g/mol. The van der Waals surface area contributed by atoms with Crippen molar-refractivity contribution in [1.29, 1.82) is 0 Å². The van der Waals surface area contributed by atoms with Crippen LogP contribution in [0.15, 0.2) is 48.5 Å². The molecule has 1 nitrogen and oxygen atoms in total. The number of benzene rings is 2. The maximum atomic E-state index is 5.78. The molecule has 2 rings (SSSR count). The summed E-state index contributed by atoms with van der Waals surface area (Å²) < 4.78 is 5.57. The van der Waals surface area contributed by atoms with Crippen LogP contribution < -0.4 is 4.74 Å². The summed E-state index contributed by atoms with van der Waals surface area (Å²) >= 11 is 10.0. The summed E-state index contributed by atoms with van der Waals surface area (Å²) in [6, 6.07) is 18.0. The van der Waals surface area contributed by atoms with Crippen LogP contribution in [0.1, 0.15) is 5.56 Å². The average molecular weight is 363 g/mol. The molecule has 0 aliphatic rings. The number of halogens is 2. The zero-order chi connectivity index (χ0) is 12.5. The fourth-order valence-corrected chi connectivity index (χ4v) is 1.34. The first-order valence-electron chi connectivity index (χ1n) is 4.95. The van der Waals surface area contributed by atoms with E-state index in [9.17, 15) is 0 Å². The normalized spacial score (nSPS) is 9.18. The Morgan fingerprint density at radius 1 is 1.06 bits per heavy atom. The minimum atomic E-state index is 0.557. The minimum absolute atomic E-state index is 0.557. The van der Waals surface area contributed by atoms with Gasteiger partial charge in [0, 0.05) is 10.8 Å². The number of ether oxygens (including phenoxy) is 1. The molecule has 0 radical (unpaired) electrons. The maximum absolute atomic E-state index is 5.78. The van der Waals surface area contributed by atoms with Crippen LogP contribution in [-0.4, -0.2) is 0 Å². The second-order valence-corrected chi connectivity index (χ2v) is 3.59. The molecule has 0 amide bonds. The van der Waals surface area contributed by atoms with Gasteiger partial charge in [-0.2, -0.15) is 18.2 Å². The Bertz CT molecular complexity index is 419. The second kappa shape index (κ2) is 8.68. The van der Waals surface area contributed by atoms with E-state index in [1.807, 2.05) is 48.5 Å². The van der Waals surface area contributed by atoms with E-state index in [4.69, 9.17) is 16.3 Å². The summed E-state index contributed by atoms with van der Waals surface area (Å²) in [4.78, 5) is 0. The number of hydrogen-bond acceptors (Lipinski definition) is 1. The van der Waals surface area contributed by atoms with Gasteiger partial charge in [-0.25, -0.2) is 0 Å². The third-order valence-electron chi connectivity index (χ3n) is 2.01. The van der Waals surface area contributed by atoms with Crippen molar-refractivity contribution < 1.29 is 21.1 Å². The molecule has 0 N–H and O–H groups in total. The van der Waals surface area contributed by atoms with Crippen molar-refractivity contribution in [3.05, 3.63) is 65.2 Å². The van der Waals surface area contributed by atoms with E-state index in [1.54, 1.807) is 0 Å². The standard InChI is InChI=1S/C13H10ClO.BrH.Zn/c14-12-8-6-11(7-9-12)10-15-13-4-2-1-3-5-13;;/h2-9H,10H2;1H;/q-1;;+2/p-1. The quantitative estimate of drug-likeness (QED) is 0.574. The van der Waals surface area contributed by atoms with Crippen LogP contribution in [0.25, 0.3) is 0 Å². The van der Waals surface area contributed by atoms with Crippen molar-refractivity contribution >= 4 is 25.2 Å². The van der Waals surface area contributed by atoms with Gasteiger partial charge in [0.2, 0.25) is 0 Å². The summed E-state index contributed by atoms with van der Waals surface area (Å²) in [6.07, 6.45) is 0. The van der Waals surface area contributed by atoms with Crippen LogP contribution in [-0.2, 0) is 22.9 Å². The first-order valence-corrected chi connectivity index (χ1v) is 12.3. The van der Waals surface area contributed by atoms with Crippen molar-refractivity contribution in [1.82, 2.24) is 0 Å². The predicted molar refractivity (Wildman–Crippen MR) is 70.0 cm³/mol. The average Bonchev–Trinajstić information content (AvgIpc) is 2.42. The molecule has 0 spiro atoms. The first kappa shape index (κ1) is 14.7. The predicted octanol–water partition coefficient (Wildman–Crippen LogP) is 4.56. The van der Waals surface area contributed by atoms with Crippen molar-refractivity contribution in [3.63, 3.8) is 0 Å². The third kappa shape index (κ3) is 5.67. The van der Waals surface area contributed by atoms with E-state index in [-0.39, 0.29) is 0 Å². The molecule has 2 aromatic rings. The summed E-state index contributed by atoms with van der Waals surface area (Å²) in [5.74, 6) is 0.851. The SMILES string of the molecule is Clc1ccc(COc2cc[c-]cc2)cc1.[Zn+][Br]. The molecular weight excluding hydrogens is 353 g/mol. The molecule has 0 aromatic heterocycles. The van der Waals surface area contributed by atoms with E-state index in [2.05, 4.69) is 19.7 Å². The van der Waals surface area contributed by atoms with Gasteiger partial charge in [0.05, 0.1) is 0 Å².